The Balaban J connectivity index is 1.81. The average Bonchev–Trinajstić information content (AvgIpc) is 3.07. The third-order valence-corrected chi connectivity index (χ3v) is 7.33. The molecule has 4 nitrogen and oxygen atoms in total. The van der Waals surface area contributed by atoms with Gasteiger partial charge in [-0.3, -0.25) is 0 Å². The van der Waals surface area contributed by atoms with Gasteiger partial charge in [-0.15, -0.1) is 11.3 Å². The molecular weight excluding hydrogens is 292 g/mol. The van der Waals surface area contributed by atoms with Crippen molar-refractivity contribution >= 4 is 21.4 Å². The van der Waals surface area contributed by atoms with Gasteiger partial charge >= 0.3 is 0 Å². The van der Waals surface area contributed by atoms with E-state index in [0.717, 1.165) is 29.7 Å². The molecule has 2 N–H and O–H groups in total. The number of hydrogen-bond acceptors (Lipinski definition) is 4. The van der Waals surface area contributed by atoms with E-state index in [0.29, 0.717) is 17.5 Å². The van der Waals surface area contributed by atoms with Crippen LogP contribution in [-0.4, -0.2) is 20.0 Å². The zero-order valence-electron chi connectivity index (χ0n) is 12.0. The zero-order valence-corrected chi connectivity index (χ0v) is 13.7. The van der Waals surface area contributed by atoms with Gasteiger partial charge in [0.25, 0.3) is 0 Å². The quantitative estimate of drug-likeness (QED) is 0.848. The fraction of sp³-hybridized carbons (Fsp3) is 0.714. The molecule has 0 aliphatic heterocycles. The van der Waals surface area contributed by atoms with Gasteiger partial charge < -0.3 is 5.32 Å². The third kappa shape index (κ3) is 2.93. The van der Waals surface area contributed by atoms with Crippen LogP contribution >= 0.6 is 11.3 Å². The summed E-state index contributed by atoms with van der Waals surface area (Å²) in [5, 5.41) is 5.35. The molecule has 1 aromatic heterocycles. The number of aryl methyl sites for hydroxylation is 1. The topological polar surface area (TPSA) is 58.2 Å². The van der Waals surface area contributed by atoms with E-state index >= 15 is 0 Å². The maximum absolute atomic E-state index is 12.7. The highest BCUT2D eigenvalue weighted by atomic mass is 32.2. The van der Waals surface area contributed by atoms with Crippen LogP contribution in [0.5, 0.6) is 0 Å². The van der Waals surface area contributed by atoms with Crippen LogP contribution in [0, 0.1) is 6.92 Å². The Morgan fingerprint density at radius 1 is 1.40 bits per heavy atom. The van der Waals surface area contributed by atoms with Gasteiger partial charge in [-0.2, -0.15) is 0 Å². The Morgan fingerprint density at radius 2 is 2.10 bits per heavy atom. The lowest BCUT2D eigenvalue weighted by Gasteiger charge is -2.38. The van der Waals surface area contributed by atoms with Gasteiger partial charge in [-0.1, -0.05) is 0 Å². The van der Waals surface area contributed by atoms with Crippen molar-refractivity contribution in [1.29, 1.82) is 0 Å². The normalized spacial score (nSPS) is 21.7. The summed E-state index contributed by atoms with van der Waals surface area (Å²) in [7, 11) is -3.40. The van der Waals surface area contributed by atoms with Gasteiger partial charge in [0, 0.05) is 23.0 Å². The smallest absolute Gasteiger partial charge is 0.242 e. The van der Waals surface area contributed by atoms with Crippen molar-refractivity contribution < 1.29 is 8.42 Å². The predicted octanol–water partition coefficient (Wildman–Crippen LogP) is 2.53. The lowest BCUT2D eigenvalue weighted by atomic mass is 9.80. The molecule has 0 amide bonds. The van der Waals surface area contributed by atoms with Crippen LogP contribution in [0.4, 0.5) is 0 Å². The molecule has 2 aliphatic rings. The molecule has 3 rings (SSSR count). The van der Waals surface area contributed by atoms with Gasteiger partial charge in [0.05, 0.1) is 0 Å². The van der Waals surface area contributed by atoms with Crippen LogP contribution in [0.1, 0.15) is 49.5 Å². The summed E-state index contributed by atoms with van der Waals surface area (Å²) in [6.07, 6.45) is 5.40. The molecule has 0 radical (unpaired) electrons. The summed E-state index contributed by atoms with van der Waals surface area (Å²) in [5.41, 5.74) is 0.618. The van der Waals surface area contributed by atoms with Crippen molar-refractivity contribution in [3.63, 3.8) is 0 Å². The number of nitrogens with one attached hydrogen (secondary N) is 2. The van der Waals surface area contributed by atoms with E-state index in [2.05, 4.69) is 10.0 Å². The molecule has 2 aliphatic carbocycles. The monoisotopic (exact) mass is 314 g/mol. The fourth-order valence-electron chi connectivity index (χ4n) is 2.68. The van der Waals surface area contributed by atoms with Crippen molar-refractivity contribution in [3.05, 3.63) is 15.8 Å². The fourth-order valence-corrected chi connectivity index (χ4v) is 5.91. The largest absolute Gasteiger partial charge is 0.309 e. The molecule has 1 heterocycles. The van der Waals surface area contributed by atoms with Gasteiger partial charge in [0.1, 0.15) is 4.90 Å². The molecule has 20 heavy (non-hydrogen) atoms. The van der Waals surface area contributed by atoms with Crippen molar-refractivity contribution in [2.75, 3.05) is 0 Å². The van der Waals surface area contributed by atoms with Crippen LogP contribution in [0.15, 0.2) is 10.3 Å². The summed E-state index contributed by atoms with van der Waals surface area (Å²) >= 11 is 1.54. The summed E-state index contributed by atoms with van der Waals surface area (Å²) in [6.45, 7) is 4.54. The molecule has 0 spiro atoms. The average molecular weight is 314 g/mol. The zero-order chi connectivity index (χ0) is 14.4. The minimum absolute atomic E-state index is 0.242. The van der Waals surface area contributed by atoms with Crippen LogP contribution in [-0.2, 0) is 16.6 Å². The minimum Gasteiger partial charge on any atom is -0.309 e. The van der Waals surface area contributed by atoms with Gasteiger partial charge in [-0.05, 0) is 56.9 Å². The second-order valence-electron chi connectivity index (χ2n) is 6.35. The Bertz CT molecular complexity index is 599. The highest BCUT2D eigenvalue weighted by Crippen LogP contribution is 2.35. The maximum Gasteiger partial charge on any atom is 0.242 e. The van der Waals surface area contributed by atoms with Crippen LogP contribution in [0.3, 0.4) is 0 Å². The summed E-state index contributed by atoms with van der Waals surface area (Å²) in [6, 6.07) is 0.588. The van der Waals surface area contributed by atoms with Crippen LogP contribution < -0.4 is 10.0 Å². The maximum atomic E-state index is 12.7. The first-order chi connectivity index (χ1) is 9.40. The van der Waals surface area contributed by atoms with Gasteiger partial charge in [-0.25, -0.2) is 13.1 Å². The van der Waals surface area contributed by atoms with Crippen molar-refractivity contribution in [2.45, 2.75) is 69.0 Å². The van der Waals surface area contributed by atoms with E-state index in [1.165, 1.54) is 12.8 Å². The van der Waals surface area contributed by atoms with E-state index in [9.17, 15) is 8.42 Å². The molecule has 112 valence electrons. The lowest BCUT2D eigenvalue weighted by Crippen LogP contribution is -2.50. The third-order valence-electron chi connectivity index (χ3n) is 4.22. The van der Waals surface area contributed by atoms with E-state index in [1.54, 1.807) is 11.3 Å². The van der Waals surface area contributed by atoms with E-state index < -0.39 is 10.0 Å². The van der Waals surface area contributed by atoms with E-state index in [-0.39, 0.29) is 5.54 Å². The van der Waals surface area contributed by atoms with Gasteiger partial charge in [0.2, 0.25) is 10.0 Å². The molecule has 2 fully saturated rings. The second kappa shape index (κ2) is 5.09. The molecular formula is C14H22N2O2S2. The van der Waals surface area contributed by atoms with Crippen LogP contribution in [0.2, 0.25) is 0 Å². The first-order valence-electron chi connectivity index (χ1n) is 7.24. The number of thiophene rings is 1. The number of hydrogen-bond donors (Lipinski definition) is 2. The Labute approximate surface area is 125 Å². The van der Waals surface area contributed by atoms with Crippen molar-refractivity contribution in [2.24, 2.45) is 0 Å². The molecule has 0 unspecified atom stereocenters. The number of rotatable bonds is 6. The Morgan fingerprint density at radius 3 is 2.65 bits per heavy atom. The second-order valence-corrected chi connectivity index (χ2v) is 8.93. The molecule has 2 saturated carbocycles. The Kier molecular flexibility index (Phi) is 3.69. The van der Waals surface area contributed by atoms with E-state index in [1.807, 2.05) is 19.2 Å². The SMILES string of the molecule is Cc1csc(CNC2CC2)c1S(=O)(=O)NC1(C)CCC1. The minimum atomic E-state index is -3.40. The van der Waals surface area contributed by atoms with Crippen molar-refractivity contribution in [3.8, 4) is 0 Å². The lowest BCUT2D eigenvalue weighted by molar-refractivity contribution is 0.248. The predicted molar refractivity (Wildman–Crippen MR) is 81.5 cm³/mol. The van der Waals surface area contributed by atoms with E-state index in [4.69, 9.17) is 0 Å². The summed E-state index contributed by atoms with van der Waals surface area (Å²) < 4.78 is 28.2. The molecule has 0 atom stereocenters. The van der Waals surface area contributed by atoms with Gasteiger partial charge in [0.15, 0.2) is 0 Å². The molecule has 0 saturated heterocycles. The molecule has 0 bridgehead atoms. The first-order valence-corrected chi connectivity index (χ1v) is 9.60. The number of sulfonamides is 1. The van der Waals surface area contributed by atoms with Crippen LogP contribution in [0.25, 0.3) is 0 Å². The molecule has 6 heteroatoms. The van der Waals surface area contributed by atoms with Crippen molar-refractivity contribution in [1.82, 2.24) is 10.0 Å². The molecule has 1 aromatic rings. The Hall–Kier alpha value is -0.430. The summed E-state index contributed by atoms with van der Waals surface area (Å²) in [4.78, 5) is 1.44. The first kappa shape index (κ1) is 14.5. The highest BCUT2D eigenvalue weighted by Gasteiger charge is 2.37. The highest BCUT2D eigenvalue weighted by molar-refractivity contribution is 7.89. The standard InChI is InChI=1S/C14H22N2O2S2/c1-10-9-19-12(8-15-11-4-5-11)13(10)20(17,18)16-14(2)6-3-7-14/h9,11,15-16H,3-8H2,1-2H3. The molecule has 0 aromatic carbocycles. The summed E-state index contributed by atoms with van der Waals surface area (Å²) in [5.74, 6) is 0.